The predicted octanol–water partition coefficient (Wildman–Crippen LogP) is 6.16. The Kier molecular flexibility index (Phi) is 9.24. The second kappa shape index (κ2) is 11.9. The van der Waals surface area contributed by atoms with Crippen molar-refractivity contribution in [2.45, 2.75) is 39.5 Å². The minimum Gasteiger partial charge on any atom is -0.493 e. The molecule has 0 unspecified atom stereocenters. The first-order valence-corrected chi connectivity index (χ1v) is 10.4. The highest BCUT2D eigenvalue weighted by Gasteiger charge is 2.12. The van der Waals surface area contributed by atoms with Crippen LogP contribution in [-0.4, -0.2) is 19.6 Å². The summed E-state index contributed by atoms with van der Waals surface area (Å²) in [6.07, 6.45) is 6.00. The number of amides is 1. The highest BCUT2D eigenvalue weighted by molar-refractivity contribution is 6.31. The van der Waals surface area contributed by atoms with Crippen LogP contribution >= 0.6 is 11.6 Å². The van der Waals surface area contributed by atoms with Gasteiger partial charge in [-0.1, -0.05) is 49.9 Å². The molecule has 2 rings (SSSR count). The third-order valence-corrected chi connectivity index (χ3v) is 4.80. The van der Waals surface area contributed by atoms with Crippen LogP contribution < -0.4 is 14.8 Å². The predicted molar refractivity (Wildman–Crippen MR) is 121 cm³/mol. The lowest BCUT2D eigenvalue weighted by Crippen LogP contribution is -2.14. The van der Waals surface area contributed by atoms with Crippen molar-refractivity contribution in [1.29, 1.82) is 5.26 Å². The molecule has 1 amide bonds. The second-order valence-electron chi connectivity index (χ2n) is 6.90. The maximum atomic E-state index is 12.6. The van der Waals surface area contributed by atoms with Crippen molar-refractivity contribution in [2.75, 3.05) is 19.0 Å². The van der Waals surface area contributed by atoms with Crippen molar-refractivity contribution < 1.29 is 14.3 Å². The second-order valence-corrected chi connectivity index (χ2v) is 7.34. The number of carbonyl (C=O) groups excluding carboxylic acids is 1. The van der Waals surface area contributed by atoms with E-state index in [2.05, 4.69) is 12.2 Å². The molecule has 0 saturated carbocycles. The summed E-state index contributed by atoms with van der Waals surface area (Å²) >= 11 is 6.00. The maximum Gasteiger partial charge on any atom is 0.266 e. The smallest absolute Gasteiger partial charge is 0.266 e. The Balaban J connectivity index is 2.13. The summed E-state index contributed by atoms with van der Waals surface area (Å²) in [7, 11) is 1.56. The Morgan fingerprint density at radius 2 is 1.97 bits per heavy atom. The van der Waals surface area contributed by atoms with Gasteiger partial charge in [0.1, 0.15) is 11.6 Å². The Bertz CT molecular complexity index is 948. The van der Waals surface area contributed by atoms with E-state index in [0.717, 1.165) is 18.4 Å². The van der Waals surface area contributed by atoms with Crippen LogP contribution in [0.1, 0.15) is 43.7 Å². The molecule has 0 saturated heterocycles. The number of aryl methyl sites for hydroxylation is 1. The third kappa shape index (κ3) is 6.82. The van der Waals surface area contributed by atoms with Gasteiger partial charge in [-0.05, 0) is 54.8 Å². The standard InChI is InChI=1S/C24H27ClN2O3/c1-4-5-6-7-12-30-22-11-9-18(14-23(22)29-3)13-19(16-26)24(28)27-21-15-20(25)10-8-17(21)2/h8-11,13-15H,4-7,12H2,1-3H3,(H,27,28)/b19-13+. The van der Waals surface area contributed by atoms with Crippen molar-refractivity contribution in [3.63, 3.8) is 0 Å². The lowest BCUT2D eigenvalue weighted by atomic mass is 10.1. The molecule has 0 spiro atoms. The number of unbranched alkanes of at least 4 members (excludes halogenated alkanes) is 3. The molecule has 2 aromatic rings. The Morgan fingerprint density at radius 1 is 1.17 bits per heavy atom. The van der Waals surface area contributed by atoms with E-state index < -0.39 is 5.91 Å². The summed E-state index contributed by atoms with van der Waals surface area (Å²) in [6, 6.07) is 12.5. The largest absolute Gasteiger partial charge is 0.493 e. The van der Waals surface area contributed by atoms with Crippen LogP contribution in [0.3, 0.4) is 0 Å². The van der Waals surface area contributed by atoms with Gasteiger partial charge in [-0.15, -0.1) is 0 Å². The van der Waals surface area contributed by atoms with E-state index in [1.807, 2.05) is 13.0 Å². The zero-order valence-corrected chi connectivity index (χ0v) is 18.4. The van der Waals surface area contributed by atoms with Crippen LogP contribution in [0.2, 0.25) is 5.02 Å². The number of nitrogens with zero attached hydrogens (tertiary/aromatic N) is 1. The number of hydrogen-bond donors (Lipinski definition) is 1. The number of rotatable bonds is 10. The number of hydrogen-bond acceptors (Lipinski definition) is 4. The third-order valence-electron chi connectivity index (χ3n) is 4.57. The summed E-state index contributed by atoms with van der Waals surface area (Å²) in [5, 5.41) is 12.7. The lowest BCUT2D eigenvalue weighted by Gasteiger charge is -2.12. The molecule has 5 nitrogen and oxygen atoms in total. The van der Waals surface area contributed by atoms with Gasteiger partial charge in [0.25, 0.3) is 5.91 Å². The molecular weight excluding hydrogens is 400 g/mol. The molecule has 2 aromatic carbocycles. The molecule has 30 heavy (non-hydrogen) atoms. The molecule has 0 aliphatic heterocycles. The van der Waals surface area contributed by atoms with Crippen molar-refractivity contribution in [2.24, 2.45) is 0 Å². The Labute approximate surface area is 183 Å². The van der Waals surface area contributed by atoms with E-state index in [-0.39, 0.29) is 5.57 Å². The lowest BCUT2D eigenvalue weighted by molar-refractivity contribution is -0.112. The molecule has 0 aliphatic rings. The van der Waals surface area contributed by atoms with Crippen LogP contribution in [0, 0.1) is 18.3 Å². The SMILES string of the molecule is CCCCCCOc1ccc(/C=C(\C#N)C(=O)Nc2cc(Cl)ccc2C)cc1OC. The average Bonchev–Trinajstić information content (AvgIpc) is 2.74. The number of methoxy groups -OCH3 is 1. The minimum atomic E-state index is -0.502. The number of carbonyl (C=O) groups is 1. The quantitative estimate of drug-likeness (QED) is 0.280. The van der Waals surface area contributed by atoms with Gasteiger partial charge in [0.05, 0.1) is 13.7 Å². The summed E-state index contributed by atoms with van der Waals surface area (Å²) in [4.78, 5) is 12.6. The molecule has 0 heterocycles. The van der Waals surface area contributed by atoms with Crippen LogP contribution in [0.4, 0.5) is 5.69 Å². The minimum absolute atomic E-state index is 0.0235. The first-order valence-electron chi connectivity index (χ1n) is 9.98. The van der Waals surface area contributed by atoms with E-state index in [4.69, 9.17) is 21.1 Å². The van der Waals surface area contributed by atoms with E-state index in [1.165, 1.54) is 18.9 Å². The summed E-state index contributed by atoms with van der Waals surface area (Å²) in [6.45, 7) is 4.64. The molecule has 0 radical (unpaired) electrons. The fourth-order valence-electron chi connectivity index (χ4n) is 2.84. The molecule has 0 bridgehead atoms. The van der Waals surface area contributed by atoms with Crippen molar-refractivity contribution in [3.05, 3.63) is 58.1 Å². The molecule has 0 atom stereocenters. The van der Waals surface area contributed by atoms with Crippen molar-refractivity contribution in [1.82, 2.24) is 0 Å². The number of nitriles is 1. The molecular formula is C24H27ClN2O3. The molecule has 6 heteroatoms. The topological polar surface area (TPSA) is 71.3 Å². The van der Waals surface area contributed by atoms with Gasteiger partial charge in [-0.25, -0.2) is 0 Å². The van der Waals surface area contributed by atoms with Gasteiger partial charge in [0.2, 0.25) is 0 Å². The van der Waals surface area contributed by atoms with Crippen molar-refractivity contribution in [3.8, 4) is 17.6 Å². The van der Waals surface area contributed by atoms with Crippen LogP contribution in [-0.2, 0) is 4.79 Å². The maximum absolute atomic E-state index is 12.6. The first-order chi connectivity index (χ1) is 14.5. The molecule has 158 valence electrons. The normalized spacial score (nSPS) is 11.0. The van der Waals surface area contributed by atoms with Gasteiger partial charge >= 0.3 is 0 Å². The van der Waals surface area contributed by atoms with E-state index in [9.17, 15) is 10.1 Å². The van der Waals surface area contributed by atoms with Gasteiger partial charge in [0, 0.05) is 10.7 Å². The number of nitrogens with one attached hydrogen (secondary N) is 1. The molecule has 0 aromatic heterocycles. The molecule has 0 fully saturated rings. The summed E-state index contributed by atoms with van der Waals surface area (Å²) in [5.74, 6) is 0.698. The van der Waals surface area contributed by atoms with Crippen molar-refractivity contribution >= 4 is 29.3 Å². The van der Waals surface area contributed by atoms with E-state index in [1.54, 1.807) is 43.5 Å². The number of halogens is 1. The van der Waals surface area contributed by atoms with E-state index in [0.29, 0.717) is 34.4 Å². The average molecular weight is 427 g/mol. The van der Waals surface area contributed by atoms with Crippen LogP contribution in [0.15, 0.2) is 42.0 Å². The number of anilines is 1. The van der Waals surface area contributed by atoms with Gasteiger partial charge < -0.3 is 14.8 Å². The van der Waals surface area contributed by atoms with E-state index >= 15 is 0 Å². The first kappa shape index (κ1) is 23.3. The van der Waals surface area contributed by atoms with Crippen LogP contribution in [0.5, 0.6) is 11.5 Å². The van der Waals surface area contributed by atoms with Gasteiger partial charge in [0.15, 0.2) is 11.5 Å². The Morgan fingerprint density at radius 3 is 2.67 bits per heavy atom. The fourth-order valence-corrected chi connectivity index (χ4v) is 3.01. The number of benzene rings is 2. The monoisotopic (exact) mass is 426 g/mol. The Hall–Kier alpha value is -2.97. The highest BCUT2D eigenvalue weighted by Crippen LogP contribution is 2.29. The van der Waals surface area contributed by atoms with Gasteiger partial charge in [-0.3, -0.25) is 4.79 Å². The zero-order valence-electron chi connectivity index (χ0n) is 17.6. The summed E-state index contributed by atoms with van der Waals surface area (Å²) < 4.78 is 11.2. The molecule has 1 N–H and O–H groups in total. The fraction of sp³-hybridized carbons (Fsp3) is 0.333. The summed E-state index contributed by atoms with van der Waals surface area (Å²) in [5.41, 5.74) is 2.06. The highest BCUT2D eigenvalue weighted by atomic mass is 35.5. The zero-order chi connectivity index (χ0) is 21.9. The van der Waals surface area contributed by atoms with Gasteiger partial charge in [-0.2, -0.15) is 5.26 Å². The van der Waals surface area contributed by atoms with Crippen LogP contribution in [0.25, 0.3) is 6.08 Å². The number of ether oxygens (including phenoxy) is 2. The molecule has 0 aliphatic carbocycles.